The third-order valence-corrected chi connectivity index (χ3v) is 2.86. The lowest BCUT2D eigenvalue weighted by molar-refractivity contribution is -0.383. The molecule has 19 heavy (non-hydrogen) atoms. The van der Waals surface area contributed by atoms with Gasteiger partial charge in [-0.3, -0.25) is 10.1 Å². The van der Waals surface area contributed by atoms with Crippen molar-refractivity contribution >= 4 is 22.7 Å². The molecule has 0 radical (unpaired) electrons. The number of nitrogens with two attached hydrogens (primary N) is 1. The number of aryl methyl sites for hydroxylation is 1. The van der Waals surface area contributed by atoms with Crippen molar-refractivity contribution in [3.8, 4) is 0 Å². The van der Waals surface area contributed by atoms with Crippen LogP contribution in [0.25, 0.3) is 0 Å². The van der Waals surface area contributed by atoms with E-state index in [9.17, 15) is 10.1 Å². The molecule has 2 rings (SSSR count). The number of anilines is 3. The number of hydrogen-bond acceptors (Lipinski definition) is 4. The van der Waals surface area contributed by atoms with E-state index in [-0.39, 0.29) is 5.69 Å². The van der Waals surface area contributed by atoms with Crippen molar-refractivity contribution in [3.63, 3.8) is 0 Å². The Hall–Kier alpha value is -2.56. The summed E-state index contributed by atoms with van der Waals surface area (Å²) >= 11 is 0. The van der Waals surface area contributed by atoms with Gasteiger partial charge in [-0.1, -0.05) is 19.1 Å². The molecule has 2 aromatic carbocycles. The number of nitrogen functional groups attached to an aromatic ring is 1. The van der Waals surface area contributed by atoms with Gasteiger partial charge >= 0.3 is 0 Å². The van der Waals surface area contributed by atoms with Gasteiger partial charge in [0, 0.05) is 17.4 Å². The zero-order valence-electron chi connectivity index (χ0n) is 10.6. The summed E-state index contributed by atoms with van der Waals surface area (Å²) in [5.74, 6) is 0. The normalized spacial score (nSPS) is 10.2. The first-order valence-corrected chi connectivity index (χ1v) is 6.00. The van der Waals surface area contributed by atoms with E-state index in [4.69, 9.17) is 5.73 Å². The highest BCUT2D eigenvalue weighted by molar-refractivity contribution is 5.72. The fraction of sp³-hybridized carbons (Fsp3) is 0.143. The molecule has 0 saturated heterocycles. The Morgan fingerprint density at radius 3 is 2.47 bits per heavy atom. The number of nitrogens with zero attached hydrogens (tertiary/aromatic N) is 1. The molecule has 0 saturated carbocycles. The Labute approximate surface area is 111 Å². The minimum atomic E-state index is -0.445. The second-order valence-corrected chi connectivity index (χ2v) is 4.21. The molecule has 5 nitrogen and oxygen atoms in total. The fourth-order valence-electron chi connectivity index (χ4n) is 1.78. The summed E-state index contributed by atoms with van der Waals surface area (Å²) in [6.45, 7) is 2.08. The van der Waals surface area contributed by atoms with Crippen molar-refractivity contribution in [2.45, 2.75) is 13.3 Å². The van der Waals surface area contributed by atoms with Crippen LogP contribution in [0.15, 0.2) is 42.5 Å². The molecule has 0 aliphatic rings. The average Bonchev–Trinajstić information content (AvgIpc) is 2.41. The second kappa shape index (κ2) is 5.39. The Morgan fingerprint density at radius 2 is 1.89 bits per heavy atom. The molecule has 0 aliphatic carbocycles. The number of nitro groups is 1. The molecule has 3 N–H and O–H groups in total. The van der Waals surface area contributed by atoms with Crippen LogP contribution in [-0.2, 0) is 6.42 Å². The van der Waals surface area contributed by atoms with Crippen LogP contribution in [0.5, 0.6) is 0 Å². The Morgan fingerprint density at radius 1 is 1.21 bits per heavy atom. The number of nitro benzene ring substituents is 1. The maximum atomic E-state index is 11.0. The summed E-state index contributed by atoms with van der Waals surface area (Å²) in [6.07, 6.45) is 0.961. The minimum absolute atomic E-state index is 0.0282. The summed E-state index contributed by atoms with van der Waals surface area (Å²) in [5, 5.41) is 14.0. The maximum Gasteiger partial charge on any atom is 0.294 e. The van der Waals surface area contributed by atoms with E-state index >= 15 is 0 Å². The van der Waals surface area contributed by atoms with Crippen molar-refractivity contribution in [3.05, 3.63) is 58.1 Å². The summed E-state index contributed by atoms with van der Waals surface area (Å²) < 4.78 is 0. The van der Waals surface area contributed by atoms with Crippen molar-refractivity contribution in [1.82, 2.24) is 0 Å². The first-order valence-electron chi connectivity index (χ1n) is 6.00. The van der Waals surface area contributed by atoms with E-state index in [0.29, 0.717) is 11.4 Å². The van der Waals surface area contributed by atoms with Crippen molar-refractivity contribution in [2.75, 3.05) is 11.1 Å². The quantitative estimate of drug-likeness (QED) is 0.499. The zero-order chi connectivity index (χ0) is 13.8. The lowest BCUT2D eigenvalue weighted by Crippen LogP contribution is -1.98. The minimum Gasteiger partial charge on any atom is -0.399 e. The SMILES string of the molecule is CCc1ccc(Nc2ccc(N)cc2[N+](=O)[O-])cc1. The Balaban J connectivity index is 2.29. The highest BCUT2D eigenvalue weighted by Crippen LogP contribution is 2.29. The van der Waals surface area contributed by atoms with Gasteiger partial charge in [-0.05, 0) is 36.2 Å². The predicted molar refractivity (Wildman–Crippen MR) is 76.6 cm³/mol. The molecule has 98 valence electrons. The monoisotopic (exact) mass is 257 g/mol. The summed E-state index contributed by atoms with van der Waals surface area (Å²) in [4.78, 5) is 10.5. The van der Waals surface area contributed by atoms with Crippen LogP contribution in [-0.4, -0.2) is 4.92 Å². The highest BCUT2D eigenvalue weighted by atomic mass is 16.6. The van der Waals surface area contributed by atoms with Crippen LogP contribution in [0.4, 0.5) is 22.7 Å². The third kappa shape index (κ3) is 3.01. The van der Waals surface area contributed by atoms with Crippen molar-refractivity contribution in [1.29, 1.82) is 0 Å². The predicted octanol–water partition coefficient (Wildman–Crippen LogP) is 3.48. The molecule has 0 heterocycles. The van der Waals surface area contributed by atoms with Crippen LogP contribution in [0.3, 0.4) is 0 Å². The molecular weight excluding hydrogens is 242 g/mol. The number of rotatable bonds is 4. The van der Waals surface area contributed by atoms with E-state index < -0.39 is 4.92 Å². The van der Waals surface area contributed by atoms with Crippen LogP contribution in [0.1, 0.15) is 12.5 Å². The van der Waals surface area contributed by atoms with Gasteiger partial charge in [0.15, 0.2) is 0 Å². The molecule has 0 aliphatic heterocycles. The summed E-state index contributed by atoms with van der Waals surface area (Å²) in [5.41, 5.74) is 8.37. The van der Waals surface area contributed by atoms with Crippen molar-refractivity contribution in [2.24, 2.45) is 0 Å². The number of hydrogen-bond donors (Lipinski definition) is 2. The van der Waals surface area contributed by atoms with Gasteiger partial charge in [0.25, 0.3) is 5.69 Å². The van der Waals surface area contributed by atoms with E-state index in [2.05, 4.69) is 12.2 Å². The molecule has 0 fully saturated rings. The standard InChI is InChI=1S/C14H15N3O2/c1-2-10-3-6-12(7-4-10)16-13-8-5-11(15)9-14(13)17(18)19/h3-9,16H,2,15H2,1H3. The smallest absolute Gasteiger partial charge is 0.294 e. The Bertz CT molecular complexity index is 594. The molecule has 5 heteroatoms. The largest absolute Gasteiger partial charge is 0.399 e. The lowest BCUT2D eigenvalue weighted by atomic mass is 10.1. The first-order chi connectivity index (χ1) is 9.10. The lowest BCUT2D eigenvalue weighted by Gasteiger charge is -2.08. The maximum absolute atomic E-state index is 11.0. The molecule has 0 unspecified atom stereocenters. The van der Waals surface area contributed by atoms with Gasteiger partial charge in [-0.25, -0.2) is 0 Å². The summed E-state index contributed by atoms with van der Waals surface area (Å²) in [6, 6.07) is 12.4. The van der Waals surface area contributed by atoms with E-state index in [0.717, 1.165) is 12.1 Å². The zero-order valence-corrected chi connectivity index (χ0v) is 10.6. The molecular formula is C14H15N3O2. The first kappa shape index (κ1) is 12.9. The topological polar surface area (TPSA) is 81.2 Å². The van der Waals surface area contributed by atoms with Gasteiger partial charge < -0.3 is 11.1 Å². The molecule has 2 aromatic rings. The molecule has 0 bridgehead atoms. The molecule has 0 spiro atoms. The van der Waals surface area contributed by atoms with Crippen molar-refractivity contribution < 1.29 is 4.92 Å². The Kier molecular flexibility index (Phi) is 3.66. The van der Waals surface area contributed by atoms with E-state index in [1.165, 1.54) is 11.6 Å². The van der Waals surface area contributed by atoms with Gasteiger partial charge in [0.1, 0.15) is 5.69 Å². The van der Waals surface area contributed by atoms with E-state index in [1.807, 2.05) is 24.3 Å². The van der Waals surface area contributed by atoms with Gasteiger partial charge in [0.2, 0.25) is 0 Å². The average molecular weight is 257 g/mol. The second-order valence-electron chi connectivity index (χ2n) is 4.21. The van der Waals surface area contributed by atoms with Gasteiger partial charge in [-0.15, -0.1) is 0 Å². The molecule has 0 aromatic heterocycles. The molecule has 0 atom stereocenters. The third-order valence-electron chi connectivity index (χ3n) is 2.86. The van der Waals surface area contributed by atoms with E-state index in [1.54, 1.807) is 12.1 Å². The fourth-order valence-corrected chi connectivity index (χ4v) is 1.78. The summed E-state index contributed by atoms with van der Waals surface area (Å²) in [7, 11) is 0. The number of benzene rings is 2. The molecule has 0 amide bonds. The van der Waals surface area contributed by atoms with Gasteiger partial charge in [0.05, 0.1) is 4.92 Å². The van der Waals surface area contributed by atoms with Crippen LogP contribution in [0, 0.1) is 10.1 Å². The van der Waals surface area contributed by atoms with Crippen LogP contribution < -0.4 is 11.1 Å². The number of nitrogens with one attached hydrogen (secondary N) is 1. The van der Waals surface area contributed by atoms with Gasteiger partial charge in [-0.2, -0.15) is 0 Å². The van der Waals surface area contributed by atoms with Crippen LogP contribution in [0.2, 0.25) is 0 Å². The van der Waals surface area contributed by atoms with Crippen LogP contribution >= 0.6 is 0 Å². The highest BCUT2D eigenvalue weighted by Gasteiger charge is 2.13.